The normalized spacial score (nSPS) is 13.4. The average molecular weight is 362 g/mol. The number of unbranched alkanes of at least 4 members (excludes halogenated alkanes) is 10. The Balaban J connectivity index is 0. The van der Waals surface area contributed by atoms with E-state index < -0.39 is 5.97 Å². The third kappa shape index (κ3) is 16.2. The maximum atomic E-state index is 11.2. The zero-order valence-corrected chi connectivity index (χ0v) is 18.5. The average Bonchev–Trinajstić information content (AvgIpc) is 2.58. The van der Waals surface area contributed by atoms with Gasteiger partial charge in [-0.15, -0.1) is 0 Å². The molecule has 0 aliphatic heterocycles. The van der Waals surface area contributed by atoms with Crippen molar-refractivity contribution in [1.82, 2.24) is 4.90 Å². The quantitative estimate of drug-likeness (QED) is 0.278. The third-order valence-corrected chi connectivity index (χ3v) is 5.39. The molecule has 0 heterocycles. The van der Waals surface area contributed by atoms with Crippen LogP contribution in [0.1, 0.15) is 118 Å². The van der Waals surface area contributed by atoms with E-state index in [0.29, 0.717) is 12.1 Å². The number of carbonyl (C=O) groups is 1. The van der Waals surface area contributed by atoms with Crippen molar-refractivity contribution in [2.75, 3.05) is 6.54 Å². The Kier molecular flexibility index (Phi) is 21.5. The molecule has 0 N–H and O–H groups in total. The van der Waals surface area contributed by atoms with E-state index >= 15 is 0 Å². The molecule has 0 amide bonds. The maximum absolute atomic E-state index is 11.2. The SMILES string of the molecule is CCCCCCCCC(C)N(CC(=O)[O-])C(C)CCCCCCCC.[Li+]. The van der Waals surface area contributed by atoms with Crippen LogP contribution in [0.5, 0.6) is 0 Å². The van der Waals surface area contributed by atoms with Gasteiger partial charge >= 0.3 is 18.9 Å². The number of nitrogens with zero attached hydrogens (tertiary/aromatic N) is 1. The molecule has 26 heavy (non-hydrogen) atoms. The van der Waals surface area contributed by atoms with Crippen LogP contribution in [0.15, 0.2) is 0 Å². The molecular formula is C22H44LiNO2. The van der Waals surface area contributed by atoms with Gasteiger partial charge in [0.05, 0.1) is 5.97 Å². The number of aliphatic carboxylic acids is 1. The Morgan fingerprint density at radius 1 is 0.731 bits per heavy atom. The molecule has 0 aromatic heterocycles. The van der Waals surface area contributed by atoms with Crippen molar-refractivity contribution in [2.24, 2.45) is 0 Å². The summed E-state index contributed by atoms with van der Waals surface area (Å²) in [5, 5.41) is 11.2. The zero-order chi connectivity index (χ0) is 18.9. The van der Waals surface area contributed by atoms with Crippen LogP contribution in [-0.4, -0.2) is 29.5 Å². The van der Waals surface area contributed by atoms with Crippen molar-refractivity contribution >= 4 is 5.97 Å². The number of carbonyl (C=O) groups excluding carboxylic acids is 1. The molecule has 0 aromatic rings. The van der Waals surface area contributed by atoms with Gasteiger partial charge in [-0.05, 0) is 26.7 Å². The molecule has 150 valence electrons. The minimum Gasteiger partial charge on any atom is -0.549 e. The van der Waals surface area contributed by atoms with E-state index in [1.807, 2.05) is 0 Å². The largest absolute Gasteiger partial charge is 1.00 e. The zero-order valence-electron chi connectivity index (χ0n) is 18.5. The van der Waals surface area contributed by atoms with Gasteiger partial charge in [0, 0.05) is 18.6 Å². The van der Waals surface area contributed by atoms with E-state index in [1.165, 1.54) is 77.0 Å². The monoisotopic (exact) mass is 361 g/mol. The Labute approximate surface area is 175 Å². The van der Waals surface area contributed by atoms with Gasteiger partial charge in [0.25, 0.3) is 0 Å². The minimum absolute atomic E-state index is 0. The molecule has 2 atom stereocenters. The van der Waals surface area contributed by atoms with Crippen LogP contribution in [0.2, 0.25) is 0 Å². The van der Waals surface area contributed by atoms with Crippen molar-refractivity contribution in [3.05, 3.63) is 0 Å². The summed E-state index contributed by atoms with van der Waals surface area (Å²) < 4.78 is 0. The summed E-state index contributed by atoms with van der Waals surface area (Å²) in [4.78, 5) is 13.3. The molecule has 0 aromatic carbocycles. The van der Waals surface area contributed by atoms with Crippen LogP contribution in [0, 0.1) is 0 Å². The number of hydrogen-bond acceptors (Lipinski definition) is 3. The smallest absolute Gasteiger partial charge is 0.549 e. The molecule has 0 fully saturated rings. The second kappa shape index (κ2) is 19.8. The Bertz CT molecular complexity index is 291. The molecule has 4 heteroatoms. The molecule has 0 aliphatic rings. The van der Waals surface area contributed by atoms with E-state index in [4.69, 9.17) is 0 Å². The van der Waals surface area contributed by atoms with E-state index in [2.05, 4.69) is 32.6 Å². The second-order valence-electron chi connectivity index (χ2n) is 7.86. The molecule has 0 spiro atoms. The predicted octanol–water partition coefficient (Wildman–Crippen LogP) is 2.32. The fraction of sp³-hybridized carbons (Fsp3) is 0.955. The first kappa shape index (κ1) is 28.2. The predicted molar refractivity (Wildman–Crippen MR) is 107 cm³/mol. The fourth-order valence-electron chi connectivity index (χ4n) is 3.67. The first-order valence-electron chi connectivity index (χ1n) is 11.0. The van der Waals surface area contributed by atoms with Gasteiger partial charge in [-0.2, -0.15) is 0 Å². The van der Waals surface area contributed by atoms with Crippen LogP contribution >= 0.6 is 0 Å². The number of hydrogen-bond donors (Lipinski definition) is 0. The summed E-state index contributed by atoms with van der Waals surface area (Å²) in [5.74, 6) is -0.940. The first-order valence-corrected chi connectivity index (χ1v) is 11.0. The van der Waals surface area contributed by atoms with Gasteiger partial charge in [-0.25, -0.2) is 0 Å². The molecule has 3 nitrogen and oxygen atoms in total. The van der Waals surface area contributed by atoms with Gasteiger partial charge in [0.1, 0.15) is 0 Å². The third-order valence-electron chi connectivity index (χ3n) is 5.39. The van der Waals surface area contributed by atoms with Crippen LogP contribution in [0.4, 0.5) is 0 Å². The van der Waals surface area contributed by atoms with Crippen molar-refractivity contribution in [1.29, 1.82) is 0 Å². The fourth-order valence-corrected chi connectivity index (χ4v) is 3.67. The van der Waals surface area contributed by atoms with E-state index in [1.54, 1.807) is 0 Å². The molecule has 0 rings (SSSR count). The number of carboxylic acids is 1. The summed E-state index contributed by atoms with van der Waals surface area (Å²) >= 11 is 0. The minimum atomic E-state index is -0.940. The van der Waals surface area contributed by atoms with E-state index in [9.17, 15) is 9.90 Å². The van der Waals surface area contributed by atoms with E-state index in [0.717, 1.165) is 12.8 Å². The molecule has 0 saturated heterocycles. The van der Waals surface area contributed by atoms with Gasteiger partial charge < -0.3 is 9.90 Å². The standard InChI is InChI=1S/C22H45NO2.Li/c1-5-7-9-11-13-15-17-20(3)23(19-22(24)25)21(4)18-16-14-12-10-8-6-2;/h20-21H,5-19H2,1-4H3,(H,24,25);/q;+1/p-1. The summed E-state index contributed by atoms with van der Waals surface area (Å²) in [6.45, 7) is 8.93. The first-order chi connectivity index (χ1) is 12.0. The molecule has 0 bridgehead atoms. The van der Waals surface area contributed by atoms with Crippen molar-refractivity contribution in [3.8, 4) is 0 Å². The van der Waals surface area contributed by atoms with Crippen LogP contribution in [-0.2, 0) is 4.79 Å². The maximum Gasteiger partial charge on any atom is 1.00 e. The molecule has 0 radical (unpaired) electrons. The second-order valence-corrected chi connectivity index (χ2v) is 7.86. The van der Waals surface area contributed by atoms with Crippen LogP contribution in [0.25, 0.3) is 0 Å². The van der Waals surface area contributed by atoms with Crippen LogP contribution < -0.4 is 24.0 Å². The number of rotatable bonds is 18. The summed E-state index contributed by atoms with van der Waals surface area (Å²) in [7, 11) is 0. The van der Waals surface area contributed by atoms with Crippen molar-refractivity contribution < 1.29 is 28.8 Å². The van der Waals surface area contributed by atoms with Gasteiger partial charge in [-0.1, -0.05) is 90.9 Å². The molecule has 0 aliphatic carbocycles. The topological polar surface area (TPSA) is 43.4 Å². The Hall–Kier alpha value is 0.0274. The van der Waals surface area contributed by atoms with Crippen molar-refractivity contribution in [3.63, 3.8) is 0 Å². The Morgan fingerprint density at radius 2 is 1.08 bits per heavy atom. The van der Waals surface area contributed by atoms with Gasteiger partial charge in [0.15, 0.2) is 0 Å². The van der Waals surface area contributed by atoms with E-state index in [-0.39, 0.29) is 25.4 Å². The molecule has 0 saturated carbocycles. The van der Waals surface area contributed by atoms with Gasteiger partial charge in [0.2, 0.25) is 0 Å². The van der Waals surface area contributed by atoms with Gasteiger partial charge in [-0.3, -0.25) is 4.90 Å². The summed E-state index contributed by atoms with van der Waals surface area (Å²) in [6, 6.07) is 0.665. The number of carboxylic acid groups (broad SMARTS) is 1. The molecule has 2 unspecified atom stereocenters. The summed E-state index contributed by atoms with van der Waals surface area (Å²) in [6.07, 6.45) is 17.7. The van der Waals surface area contributed by atoms with Crippen LogP contribution in [0.3, 0.4) is 0 Å². The Morgan fingerprint density at radius 3 is 1.42 bits per heavy atom. The summed E-state index contributed by atoms with van der Waals surface area (Å²) in [5.41, 5.74) is 0. The molecular weight excluding hydrogens is 317 g/mol. The van der Waals surface area contributed by atoms with Crippen molar-refractivity contribution in [2.45, 2.75) is 130 Å².